The lowest BCUT2D eigenvalue weighted by atomic mass is 9.95. The predicted molar refractivity (Wildman–Crippen MR) is 99.3 cm³/mol. The largest absolute Gasteiger partial charge is 0.352 e. The fraction of sp³-hybridized carbons (Fsp3) is 0.500. The average molecular weight is 376 g/mol. The van der Waals surface area contributed by atoms with Crippen molar-refractivity contribution in [1.82, 2.24) is 20.0 Å². The molecule has 2 heterocycles. The van der Waals surface area contributed by atoms with E-state index in [1.165, 1.54) is 16.8 Å². The van der Waals surface area contributed by atoms with Gasteiger partial charge in [-0.25, -0.2) is 13.5 Å². The maximum Gasteiger partial charge on any atom is 0.223 e. The van der Waals surface area contributed by atoms with Gasteiger partial charge in [0.05, 0.1) is 6.20 Å². The Morgan fingerprint density at radius 2 is 2.04 bits per heavy atom. The third kappa shape index (κ3) is 5.13. The van der Waals surface area contributed by atoms with Crippen LogP contribution in [0.15, 0.2) is 30.6 Å². The van der Waals surface area contributed by atoms with Crippen LogP contribution in [0.2, 0.25) is 0 Å². The van der Waals surface area contributed by atoms with Crippen molar-refractivity contribution in [2.75, 3.05) is 19.6 Å². The van der Waals surface area contributed by atoms with Crippen molar-refractivity contribution in [1.29, 1.82) is 0 Å². The molecular weight excluding hydrogens is 350 g/mol. The number of aromatic nitrogens is 2. The first-order valence-electron chi connectivity index (χ1n) is 9.41. The molecular formula is C20H26F2N4O. The third-order valence-electron chi connectivity index (χ3n) is 4.84. The zero-order valence-corrected chi connectivity index (χ0v) is 15.8. The smallest absolute Gasteiger partial charge is 0.223 e. The second-order valence-electron chi connectivity index (χ2n) is 7.58. The molecule has 0 atom stereocenters. The van der Waals surface area contributed by atoms with Crippen LogP contribution >= 0.6 is 0 Å². The Hall–Kier alpha value is -2.28. The Morgan fingerprint density at radius 3 is 2.70 bits per heavy atom. The number of carbonyl (C=O) groups is 1. The molecule has 0 spiro atoms. The molecule has 1 aromatic heterocycles. The number of halogens is 2. The summed E-state index contributed by atoms with van der Waals surface area (Å²) in [6, 6.07) is 3.35. The minimum absolute atomic E-state index is 0.0398. The van der Waals surface area contributed by atoms with Crippen molar-refractivity contribution < 1.29 is 13.6 Å². The molecule has 1 fully saturated rings. The van der Waals surface area contributed by atoms with Crippen LogP contribution in [0.4, 0.5) is 8.78 Å². The topological polar surface area (TPSA) is 50.2 Å². The number of piperidine rings is 1. The van der Waals surface area contributed by atoms with Crippen LogP contribution in [0, 0.1) is 23.5 Å². The molecule has 1 N–H and O–H groups in total. The van der Waals surface area contributed by atoms with E-state index in [0.717, 1.165) is 44.1 Å². The predicted octanol–water partition coefficient (Wildman–Crippen LogP) is 3.13. The van der Waals surface area contributed by atoms with Gasteiger partial charge in [-0.05, 0) is 44.0 Å². The summed E-state index contributed by atoms with van der Waals surface area (Å²) in [6.45, 7) is 7.74. The first-order chi connectivity index (χ1) is 12.9. The number of nitrogens with zero attached hydrogens (tertiary/aromatic N) is 3. The molecule has 0 saturated carbocycles. The van der Waals surface area contributed by atoms with Gasteiger partial charge in [-0.1, -0.05) is 13.8 Å². The minimum Gasteiger partial charge on any atom is -0.352 e. The zero-order valence-electron chi connectivity index (χ0n) is 15.8. The Morgan fingerprint density at radius 1 is 1.30 bits per heavy atom. The third-order valence-corrected chi connectivity index (χ3v) is 4.84. The van der Waals surface area contributed by atoms with Gasteiger partial charge in [-0.2, -0.15) is 5.10 Å². The van der Waals surface area contributed by atoms with Crippen LogP contribution in [-0.4, -0.2) is 40.2 Å². The Balaban J connectivity index is 1.51. The lowest BCUT2D eigenvalue weighted by Gasteiger charge is -2.32. The molecule has 27 heavy (non-hydrogen) atoms. The lowest BCUT2D eigenvalue weighted by Crippen LogP contribution is -2.41. The first-order valence-corrected chi connectivity index (χ1v) is 9.41. The zero-order chi connectivity index (χ0) is 19.4. The summed E-state index contributed by atoms with van der Waals surface area (Å²) in [5.41, 5.74) is 0.941. The highest BCUT2D eigenvalue weighted by Gasteiger charge is 2.25. The van der Waals surface area contributed by atoms with Crippen LogP contribution in [-0.2, 0) is 11.3 Å². The molecule has 5 nitrogen and oxygen atoms in total. The maximum atomic E-state index is 13.8. The highest BCUT2D eigenvalue weighted by atomic mass is 19.1. The number of nitrogens with one attached hydrogen (secondary N) is 1. The number of amides is 1. The molecule has 1 saturated heterocycles. The fourth-order valence-corrected chi connectivity index (χ4v) is 3.48. The van der Waals surface area contributed by atoms with Crippen LogP contribution < -0.4 is 5.32 Å². The number of hydrogen-bond acceptors (Lipinski definition) is 3. The van der Waals surface area contributed by atoms with E-state index in [0.29, 0.717) is 12.5 Å². The Kier molecular flexibility index (Phi) is 6.21. The van der Waals surface area contributed by atoms with E-state index in [4.69, 9.17) is 0 Å². The highest BCUT2D eigenvalue weighted by Crippen LogP contribution is 2.19. The first kappa shape index (κ1) is 19.5. The number of benzene rings is 1. The summed E-state index contributed by atoms with van der Waals surface area (Å²) in [7, 11) is 0. The van der Waals surface area contributed by atoms with Gasteiger partial charge in [0.15, 0.2) is 5.82 Å². The monoisotopic (exact) mass is 376 g/mol. The van der Waals surface area contributed by atoms with E-state index in [-0.39, 0.29) is 17.5 Å². The maximum absolute atomic E-state index is 13.8. The molecule has 2 aromatic rings. The van der Waals surface area contributed by atoms with Gasteiger partial charge >= 0.3 is 0 Å². The number of rotatable bonds is 6. The summed E-state index contributed by atoms with van der Waals surface area (Å²) in [5, 5.41) is 7.05. The van der Waals surface area contributed by atoms with E-state index in [9.17, 15) is 13.6 Å². The molecule has 1 aliphatic rings. The van der Waals surface area contributed by atoms with Crippen LogP contribution in [0.1, 0.15) is 32.3 Å². The summed E-state index contributed by atoms with van der Waals surface area (Å²) in [6.07, 6.45) is 4.97. The number of carbonyl (C=O) groups excluding carboxylic acids is 1. The van der Waals surface area contributed by atoms with Gasteiger partial charge in [0, 0.05) is 36.8 Å². The van der Waals surface area contributed by atoms with Gasteiger partial charge < -0.3 is 10.2 Å². The number of hydrogen-bond donors (Lipinski definition) is 1. The fourth-order valence-electron chi connectivity index (χ4n) is 3.48. The van der Waals surface area contributed by atoms with Gasteiger partial charge in [-0.3, -0.25) is 4.79 Å². The summed E-state index contributed by atoms with van der Waals surface area (Å²) < 4.78 is 28.2. The van der Waals surface area contributed by atoms with Gasteiger partial charge in [0.25, 0.3) is 0 Å². The SMILES string of the molecule is CC(C)CN1CCC(C(=O)NCc2cnn(-c3ccc(F)cc3F)c2)CC1. The highest BCUT2D eigenvalue weighted by molar-refractivity contribution is 5.78. The second-order valence-corrected chi connectivity index (χ2v) is 7.58. The van der Waals surface area contributed by atoms with Gasteiger partial charge in [-0.15, -0.1) is 0 Å². The van der Waals surface area contributed by atoms with E-state index in [1.54, 1.807) is 12.4 Å². The molecule has 3 rings (SSSR count). The number of likely N-dealkylation sites (tertiary alicyclic amines) is 1. The molecule has 146 valence electrons. The lowest BCUT2D eigenvalue weighted by molar-refractivity contribution is -0.126. The molecule has 0 aliphatic carbocycles. The van der Waals surface area contributed by atoms with Crippen molar-refractivity contribution >= 4 is 5.91 Å². The molecule has 0 bridgehead atoms. The van der Waals surface area contributed by atoms with Crippen molar-refractivity contribution in [2.24, 2.45) is 11.8 Å². The summed E-state index contributed by atoms with van der Waals surface area (Å²) >= 11 is 0. The second kappa shape index (κ2) is 8.61. The normalized spacial score (nSPS) is 16.0. The quantitative estimate of drug-likeness (QED) is 0.843. The van der Waals surface area contributed by atoms with Crippen molar-refractivity contribution in [3.63, 3.8) is 0 Å². The van der Waals surface area contributed by atoms with Gasteiger partial charge in [0.1, 0.15) is 11.5 Å². The van der Waals surface area contributed by atoms with Crippen molar-refractivity contribution in [2.45, 2.75) is 33.2 Å². The molecule has 7 heteroatoms. The van der Waals surface area contributed by atoms with Crippen molar-refractivity contribution in [3.05, 3.63) is 47.8 Å². The van der Waals surface area contributed by atoms with Crippen LogP contribution in [0.25, 0.3) is 5.69 Å². The molecule has 1 aliphatic heterocycles. The Labute approximate surface area is 158 Å². The molecule has 1 aromatic carbocycles. The van der Waals surface area contributed by atoms with E-state index >= 15 is 0 Å². The average Bonchev–Trinajstić information content (AvgIpc) is 3.08. The molecule has 1 amide bonds. The summed E-state index contributed by atoms with van der Waals surface area (Å²) in [5.74, 6) is -0.576. The van der Waals surface area contributed by atoms with E-state index in [1.807, 2.05) is 0 Å². The van der Waals surface area contributed by atoms with E-state index < -0.39 is 11.6 Å². The van der Waals surface area contributed by atoms with Crippen LogP contribution in [0.5, 0.6) is 0 Å². The van der Waals surface area contributed by atoms with Crippen molar-refractivity contribution in [3.8, 4) is 5.69 Å². The molecule has 0 unspecified atom stereocenters. The summed E-state index contributed by atoms with van der Waals surface area (Å²) in [4.78, 5) is 14.8. The molecule has 0 radical (unpaired) electrons. The van der Waals surface area contributed by atoms with E-state index in [2.05, 4.69) is 29.2 Å². The minimum atomic E-state index is -0.679. The Bertz CT molecular complexity index is 782. The van der Waals surface area contributed by atoms with Crippen LogP contribution in [0.3, 0.4) is 0 Å². The van der Waals surface area contributed by atoms with Gasteiger partial charge in [0.2, 0.25) is 5.91 Å². The standard InChI is InChI=1S/C20H26F2N4O/c1-14(2)12-25-7-5-16(6-8-25)20(27)23-10-15-11-24-26(13-15)19-4-3-17(21)9-18(19)22/h3-4,9,11,13-14,16H,5-8,10,12H2,1-2H3,(H,23,27).